The molecule has 12 N–H and O–H groups in total. The molecule has 3 heterocycles. The molecular formula is C46H65N13O12S. The zero-order chi connectivity index (χ0) is 53.1. The third-order valence-electron chi connectivity index (χ3n) is 12.2. The predicted octanol–water partition coefficient (Wildman–Crippen LogP) is -4.18. The molecule has 25 nitrogen and oxygen atoms in total. The van der Waals surface area contributed by atoms with Gasteiger partial charge >= 0.3 is 0 Å². The normalized spacial score (nSPS) is 24.5. The summed E-state index contributed by atoms with van der Waals surface area (Å²) in [4.78, 5) is 164. The molecule has 26 heteroatoms. The summed E-state index contributed by atoms with van der Waals surface area (Å²) in [6.07, 6.45) is 0.162. The first-order valence-electron chi connectivity index (χ1n) is 23.6. The molecule has 1 aromatic heterocycles. The maximum absolute atomic E-state index is 13.7. The van der Waals surface area contributed by atoms with Gasteiger partial charge in [0.15, 0.2) is 0 Å². The van der Waals surface area contributed by atoms with Gasteiger partial charge in [0.1, 0.15) is 36.3 Å². The van der Waals surface area contributed by atoms with Gasteiger partial charge in [-0.2, -0.15) is 0 Å². The van der Waals surface area contributed by atoms with E-state index in [-0.39, 0.29) is 25.8 Å². The van der Waals surface area contributed by atoms with E-state index >= 15 is 0 Å². The minimum Gasteiger partial charge on any atom is -0.368 e. The molecule has 2 aromatic rings. The number of carbonyl (C=O) groups is 12. The Morgan fingerprint density at radius 1 is 0.639 bits per heavy atom. The van der Waals surface area contributed by atoms with Crippen molar-refractivity contribution < 1.29 is 57.5 Å². The van der Waals surface area contributed by atoms with Crippen molar-refractivity contribution >= 4 is 82.2 Å². The number of benzene rings is 1. The van der Waals surface area contributed by atoms with E-state index in [2.05, 4.69) is 58.2 Å². The van der Waals surface area contributed by atoms with Gasteiger partial charge in [0.05, 0.1) is 50.3 Å². The summed E-state index contributed by atoms with van der Waals surface area (Å²) in [7, 11) is 0. The number of amides is 12. The second-order valence-electron chi connectivity index (χ2n) is 17.7. The number of fused-ring (bicyclic) bond motifs is 1. The molecule has 0 aliphatic carbocycles. The summed E-state index contributed by atoms with van der Waals surface area (Å²) in [6.45, 7) is 5.68. The van der Waals surface area contributed by atoms with Crippen molar-refractivity contribution in [1.82, 2.24) is 63.1 Å². The molecule has 12 amide bonds. The van der Waals surface area contributed by atoms with Gasteiger partial charge in [0, 0.05) is 24.8 Å². The van der Waals surface area contributed by atoms with Crippen LogP contribution in [-0.2, 0) is 70.4 Å². The molecule has 0 radical (unpaired) electrons. The van der Waals surface area contributed by atoms with E-state index < -0.39 is 158 Å². The van der Waals surface area contributed by atoms with Crippen molar-refractivity contribution in [2.75, 3.05) is 39.3 Å². The van der Waals surface area contributed by atoms with E-state index in [1.165, 1.54) is 21.7 Å². The Morgan fingerprint density at radius 3 is 1.71 bits per heavy atom. The van der Waals surface area contributed by atoms with Crippen LogP contribution in [0.1, 0.15) is 70.2 Å². The van der Waals surface area contributed by atoms with Crippen molar-refractivity contribution in [3.8, 4) is 0 Å². The summed E-state index contributed by atoms with van der Waals surface area (Å²) in [5, 5.41) is 26.3. The fourth-order valence-corrected chi connectivity index (χ4v) is 7.94. The van der Waals surface area contributed by atoms with Crippen LogP contribution in [0.15, 0.2) is 35.2 Å². The monoisotopic (exact) mass is 1020 g/mol. The van der Waals surface area contributed by atoms with Gasteiger partial charge in [-0.05, 0) is 30.7 Å². The minimum atomic E-state index is -1.60. The standard InChI is InChI=1S/C46H65N13O12S/c1-6-25(4)39-45(70)52-21-38(65)59-13-12-32(59)44(69)56-30(14-27-10-8-24(3)9-11-27)42(67)50-17-34(61)49-18-35(62)54-31(15-28-22-72-23-53-28)43(68)51-20-37(64)58-40(26(5)7-2)46(71)55-29(41(47)66)16-33(60)48-19-36(63)57-39/h8-11,22-23,25-26,29-32,39-40H,6-7,12-21H2,1-5H3,(H2,47,66)(H,48,60)(H,49,61)(H,50,67)(H,51,68)(H,52,70)(H,54,62)(H,55,71)(H,56,69)(H,57,63)(H,58,64)/t25-,26-,29?,30?,31?,32?,39?,40?/m0/s1. The van der Waals surface area contributed by atoms with Gasteiger partial charge in [0.2, 0.25) is 70.9 Å². The van der Waals surface area contributed by atoms with Gasteiger partial charge in [-0.1, -0.05) is 70.4 Å². The van der Waals surface area contributed by atoms with Crippen LogP contribution in [0, 0.1) is 18.8 Å². The number of nitrogens with zero attached hydrogens (tertiary/aromatic N) is 2. The van der Waals surface area contributed by atoms with Crippen LogP contribution in [0.4, 0.5) is 0 Å². The average Bonchev–Trinajstić information content (AvgIpc) is 3.85. The summed E-state index contributed by atoms with van der Waals surface area (Å²) in [5.41, 5.74) is 9.07. The molecule has 2 saturated heterocycles. The highest BCUT2D eigenvalue weighted by atomic mass is 32.1. The lowest BCUT2D eigenvalue weighted by atomic mass is 9.97. The average molecular weight is 1020 g/mol. The summed E-state index contributed by atoms with van der Waals surface area (Å²) in [5.74, 6) is -10.8. The van der Waals surface area contributed by atoms with E-state index in [0.717, 1.165) is 5.56 Å². The fourth-order valence-electron chi connectivity index (χ4n) is 7.37. The zero-order valence-corrected chi connectivity index (χ0v) is 41.7. The number of thiazole rings is 1. The van der Waals surface area contributed by atoms with Gasteiger partial charge in [-0.25, -0.2) is 4.98 Å². The maximum Gasteiger partial charge on any atom is 0.243 e. The first kappa shape index (κ1) is 57.1. The Morgan fingerprint density at radius 2 is 1.17 bits per heavy atom. The Kier molecular flexibility index (Phi) is 22.0. The highest BCUT2D eigenvalue weighted by Crippen LogP contribution is 2.19. The second-order valence-corrected chi connectivity index (χ2v) is 18.4. The summed E-state index contributed by atoms with van der Waals surface area (Å²) < 4.78 is 0. The highest BCUT2D eigenvalue weighted by Gasteiger charge is 2.40. The predicted molar refractivity (Wildman–Crippen MR) is 258 cm³/mol. The van der Waals surface area contributed by atoms with E-state index in [1.807, 2.05) is 19.1 Å². The number of primary amides is 1. The molecule has 1 aromatic carbocycles. The van der Waals surface area contributed by atoms with E-state index in [9.17, 15) is 57.5 Å². The maximum atomic E-state index is 13.7. The quantitative estimate of drug-likeness (QED) is 0.114. The van der Waals surface area contributed by atoms with Crippen LogP contribution in [-0.4, -0.2) is 156 Å². The highest BCUT2D eigenvalue weighted by molar-refractivity contribution is 7.07. The SMILES string of the molecule is CC[C@H](C)C1NC(=O)CNC(=O)CC(C(N)=O)NC(=O)C([C@@H](C)CC)NC(=O)CNC(=O)C(Cc2cscn2)NC(=O)CNC(=O)CNC(=O)C(Cc2ccc(C)cc2)NC(=O)C2CCN2C(=O)CNC1=O. The molecular weight excluding hydrogens is 959 g/mol. The van der Waals surface area contributed by atoms with Gasteiger partial charge in [-0.3, -0.25) is 57.5 Å². The number of nitrogens with one attached hydrogen (secondary N) is 10. The first-order valence-corrected chi connectivity index (χ1v) is 24.5. The number of hydrogen-bond donors (Lipinski definition) is 11. The Labute approximate surface area is 419 Å². The Hall–Kier alpha value is -7.51. The zero-order valence-electron chi connectivity index (χ0n) is 40.8. The number of nitrogens with two attached hydrogens (primary N) is 1. The third-order valence-corrected chi connectivity index (χ3v) is 12.8. The van der Waals surface area contributed by atoms with Crippen LogP contribution in [0.5, 0.6) is 0 Å². The molecule has 0 saturated carbocycles. The topological polar surface area (TPSA) is 367 Å². The number of rotatable bonds is 9. The molecule has 6 unspecified atom stereocenters. The Balaban J connectivity index is 1.56. The van der Waals surface area contributed by atoms with Crippen molar-refractivity contribution in [1.29, 1.82) is 0 Å². The Bertz CT molecular complexity index is 2320. The first-order chi connectivity index (χ1) is 34.2. The lowest BCUT2D eigenvalue weighted by Gasteiger charge is -2.40. The van der Waals surface area contributed by atoms with Crippen LogP contribution < -0.4 is 58.9 Å². The smallest absolute Gasteiger partial charge is 0.243 e. The number of carbonyl (C=O) groups excluding carboxylic acids is 12. The third kappa shape index (κ3) is 17.7. The van der Waals surface area contributed by atoms with Crippen molar-refractivity contribution in [3.05, 3.63) is 52.0 Å². The molecule has 2 aliphatic rings. The van der Waals surface area contributed by atoms with Crippen molar-refractivity contribution in [2.45, 2.75) is 109 Å². The van der Waals surface area contributed by atoms with Gasteiger partial charge in [-0.15, -0.1) is 11.3 Å². The van der Waals surface area contributed by atoms with E-state index in [1.54, 1.807) is 45.2 Å². The molecule has 2 fully saturated rings. The van der Waals surface area contributed by atoms with Crippen LogP contribution in [0.2, 0.25) is 0 Å². The summed E-state index contributed by atoms with van der Waals surface area (Å²) >= 11 is 1.23. The van der Waals surface area contributed by atoms with Crippen molar-refractivity contribution in [2.24, 2.45) is 17.6 Å². The number of aryl methyl sites for hydroxylation is 1. The largest absolute Gasteiger partial charge is 0.368 e. The lowest BCUT2D eigenvalue weighted by Crippen LogP contribution is -2.63. The molecule has 72 heavy (non-hydrogen) atoms. The molecule has 2 aliphatic heterocycles. The summed E-state index contributed by atoms with van der Waals surface area (Å²) in [6, 6.07) is -0.441. The van der Waals surface area contributed by atoms with Crippen LogP contribution in [0.25, 0.3) is 0 Å². The van der Waals surface area contributed by atoms with Crippen molar-refractivity contribution in [3.63, 3.8) is 0 Å². The van der Waals surface area contributed by atoms with Crippen LogP contribution in [0.3, 0.4) is 0 Å². The van der Waals surface area contributed by atoms with E-state index in [4.69, 9.17) is 5.73 Å². The number of aromatic nitrogens is 1. The fraction of sp³-hybridized carbons (Fsp3) is 0.543. The molecule has 0 bridgehead atoms. The molecule has 8 atom stereocenters. The van der Waals surface area contributed by atoms with Gasteiger partial charge in [0.25, 0.3) is 0 Å². The number of hydrogen-bond acceptors (Lipinski definition) is 14. The van der Waals surface area contributed by atoms with Crippen LogP contribution >= 0.6 is 11.3 Å². The van der Waals surface area contributed by atoms with Gasteiger partial charge < -0.3 is 63.8 Å². The molecule has 0 spiro atoms. The van der Waals surface area contributed by atoms with E-state index in [0.29, 0.717) is 24.1 Å². The lowest BCUT2D eigenvalue weighted by molar-refractivity contribution is -0.148. The molecule has 392 valence electrons. The molecule has 4 rings (SSSR count). The minimum absolute atomic E-state index is 0.00320. The second kappa shape index (κ2) is 27.8.